The number of amides is 2. The first-order chi connectivity index (χ1) is 18.7. The molecule has 40 heavy (non-hydrogen) atoms. The highest BCUT2D eigenvalue weighted by Gasteiger charge is 2.31. The summed E-state index contributed by atoms with van der Waals surface area (Å²) in [5, 5.41) is 26.4. The minimum atomic E-state index is -4.04. The van der Waals surface area contributed by atoms with Gasteiger partial charge >= 0.3 is 5.97 Å². The molecule has 2 atom stereocenters. The number of hydrogen-bond donors (Lipinski definition) is 6. The molecule has 0 bridgehead atoms. The standard InChI is InChI=1S/C27H37N5O7S/c1-16(2)12-22(25(33)29-14-18-8-10-20(11-9-18)24(28)31-37)30-26(34)23(17(3)4)32-40(38,39)15-19-6-5-7-21(13-19)27(35)36/h5-11,13,16-17,22-23,32,37H,12,14-15H2,1-4H3,(H2,28,31)(H,29,33)(H,30,34)(H,35,36)/t22-,23+/m0/s1. The quantitative estimate of drug-likeness (QED) is 0.0846. The van der Waals surface area contributed by atoms with Gasteiger partial charge in [-0.25, -0.2) is 17.9 Å². The Kier molecular flexibility index (Phi) is 11.6. The van der Waals surface area contributed by atoms with E-state index in [9.17, 15) is 22.8 Å². The number of oxime groups is 1. The van der Waals surface area contributed by atoms with Gasteiger partial charge in [-0.1, -0.05) is 69.2 Å². The smallest absolute Gasteiger partial charge is 0.335 e. The average Bonchev–Trinajstić information content (AvgIpc) is 2.89. The Balaban J connectivity index is 2.11. The van der Waals surface area contributed by atoms with Crippen LogP contribution in [0.25, 0.3) is 0 Å². The number of amidine groups is 1. The summed E-state index contributed by atoms with van der Waals surface area (Å²) in [6, 6.07) is 10.2. The van der Waals surface area contributed by atoms with Crippen LogP contribution in [0, 0.1) is 11.8 Å². The van der Waals surface area contributed by atoms with Crippen LogP contribution < -0.4 is 21.1 Å². The number of sulfonamides is 1. The summed E-state index contributed by atoms with van der Waals surface area (Å²) in [5.74, 6) is -3.23. The van der Waals surface area contributed by atoms with Gasteiger partial charge in [0, 0.05) is 12.1 Å². The molecule has 0 fully saturated rings. The van der Waals surface area contributed by atoms with Crippen molar-refractivity contribution in [2.45, 2.75) is 58.5 Å². The molecule has 0 heterocycles. The Hall–Kier alpha value is -3.97. The highest BCUT2D eigenvalue weighted by atomic mass is 32.2. The molecule has 2 amide bonds. The summed E-state index contributed by atoms with van der Waals surface area (Å²) < 4.78 is 28.2. The normalized spacial score (nSPS) is 13.6. The second kappa shape index (κ2) is 14.4. The molecule has 2 rings (SSSR count). The monoisotopic (exact) mass is 575 g/mol. The molecule has 0 unspecified atom stereocenters. The number of nitrogens with one attached hydrogen (secondary N) is 3. The van der Waals surface area contributed by atoms with Crippen molar-refractivity contribution in [3.63, 3.8) is 0 Å². The fourth-order valence-electron chi connectivity index (χ4n) is 3.87. The lowest BCUT2D eigenvalue weighted by atomic mass is 10.0. The minimum absolute atomic E-state index is 0.0422. The summed E-state index contributed by atoms with van der Waals surface area (Å²) in [7, 11) is -4.04. The van der Waals surface area contributed by atoms with E-state index in [0.717, 1.165) is 5.56 Å². The predicted octanol–water partition coefficient (Wildman–Crippen LogP) is 1.77. The zero-order valence-corrected chi connectivity index (χ0v) is 23.7. The van der Waals surface area contributed by atoms with Gasteiger partial charge in [0.15, 0.2) is 5.84 Å². The first-order valence-electron chi connectivity index (χ1n) is 12.7. The number of aromatic carboxylic acids is 1. The molecule has 0 spiro atoms. The summed E-state index contributed by atoms with van der Waals surface area (Å²) in [6.45, 7) is 7.30. The molecule has 0 aliphatic heterocycles. The topological polar surface area (TPSA) is 200 Å². The average molecular weight is 576 g/mol. The van der Waals surface area contributed by atoms with E-state index in [-0.39, 0.29) is 29.4 Å². The Morgan fingerprint density at radius 2 is 1.60 bits per heavy atom. The van der Waals surface area contributed by atoms with Gasteiger partial charge in [-0.3, -0.25) is 9.59 Å². The molecule has 2 aromatic rings. The molecule has 0 saturated carbocycles. The third-order valence-electron chi connectivity index (χ3n) is 5.95. The van der Waals surface area contributed by atoms with Gasteiger partial charge in [-0.05, 0) is 41.5 Å². The first-order valence-corrected chi connectivity index (χ1v) is 14.3. The Morgan fingerprint density at radius 1 is 0.950 bits per heavy atom. The largest absolute Gasteiger partial charge is 0.478 e. The molecular formula is C27H37N5O7S. The lowest BCUT2D eigenvalue weighted by molar-refractivity contribution is -0.130. The van der Waals surface area contributed by atoms with Crippen LogP contribution in [-0.4, -0.2) is 54.4 Å². The summed E-state index contributed by atoms with van der Waals surface area (Å²) in [5.41, 5.74) is 7.03. The van der Waals surface area contributed by atoms with Gasteiger partial charge in [0.05, 0.1) is 11.3 Å². The summed E-state index contributed by atoms with van der Waals surface area (Å²) in [6.07, 6.45) is 0.319. The van der Waals surface area contributed by atoms with Crippen molar-refractivity contribution >= 4 is 33.6 Å². The molecule has 218 valence electrons. The Morgan fingerprint density at radius 3 is 2.15 bits per heavy atom. The predicted molar refractivity (Wildman–Crippen MR) is 150 cm³/mol. The molecule has 0 saturated heterocycles. The third kappa shape index (κ3) is 9.97. The maximum Gasteiger partial charge on any atom is 0.335 e. The van der Waals surface area contributed by atoms with Crippen molar-refractivity contribution in [2.24, 2.45) is 22.7 Å². The van der Waals surface area contributed by atoms with Crippen LogP contribution in [0.5, 0.6) is 0 Å². The summed E-state index contributed by atoms with van der Waals surface area (Å²) in [4.78, 5) is 37.5. The maximum atomic E-state index is 13.2. The van der Waals surface area contributed by atoms with Crippen LogP contribution in [0.2, 0.25) is 0 Å². The molecular weight excluding hydrogens is 538 g/mol. The van der Waals surface area contributed by atoms with Crippen LogP contribution in [0.4, 0.5) is 0 Å². The van der Waals surface area contributed by atoms with E-state index in [2.05, 4.69) is 20.5 Å². The molecule has 2 aromatic carbocycles. The van der Waals surface area contributed by atoms with E-state index in [0.29, 0.717) is 12.0 Å². The molecule has 0 aromatic heterocycles. The highest BCUT2D eigenvalue weighted by molar-refractivity contribution is 7.88. The van der Waals surface area contributed by atoms with E-state index in [1.807, 2.05) is 13.8 Å². The number of nitrogens with two attached hydrogens (primary N) is 1. The van der Waals surface area contributed by atoms with E-state index in [1.165, 1.54) is 24.3 Å². The number of carboxylic acids is 1. The third-order valence-corrected chi connectivity index (χ3v) is 7.28. The number of carbonyl (C=O) groups is 3. The van der Waals surface area contributed by atoms with Crippen molar-refractivity contribution in [1.29, 1.82) is 0 Å². The van der Waals surface area contributed by atoms with E-state index >= 15 is 0 Å². The zero-order valence-electron chi connectivity index (χ0n) is 22.9. The molecule has 13 heteroatoms. The fraction of sp³-hybridized carbons (Fsp3) is 0.407. The van der Waals surface area contributed by atoms with Gasteiger partial charge < -0.3 is 26.7 Å². The molecule has 12 nitrogen and oxygen atoms in total. The number of rotatable bonds is 14. The molecule has 0 radical (unpaired) electrons. The fourth-order valence-corrected chi connectivity index (χ4v) is 5.34. The van der Waals surface area contributed by atoms with Gasteiger partial charge in [0.1, 0.15) is 12.1 Å². The SMILES string of the molecule is CC(C)C[C@H](NC(=O)[C@H](NS(=O)(=O)Cc1cccc(C(=O)O)c1)C(C)C)C(=O)NCc1ccc(/C(N)=N/O)cc1. The number of carbonyl (C=O) groups excluding carboxylic acids is 2. The number of carboxylic acid groups (broad SMARTS) is 1. The van der Waals surface area contributed by atoms with Crippen LogP contribution >= 0.6 is 0 Å². The van der Waals surface area contributed by atoms with Crippen molar-refractivity contribution in [1.82, 2.24) is 15.4 Å². The first kappa shape index (κ1) is 32.2. The van der Waals surface area contributed by atoms with E-state index in [4.69, 9.17) is 16.0 Å². The number of nitrogens with zero attached hydrogens (tertiary/aromatic N) is 1. The van der Waals surface area contributed by atoms with Crippen molar-refractivity contribution in [2.75, 3.05) is 0 Å². The van der Waals surface area contributed by atoms with Crippen LogP contribution in [0.1, 0.15) is 61.2 Å². The van der Waals surface area contributed by atoms with Crippen molar-refractivity contribution in [3.05, 3.63) is 70.8 Å². The van der Waals surface area contributed by atoms with Crippen molar-refractivity contribution < 1.29 is 33.1 Å². The van der Waals surface area contributed by atoms with E-state index in [1.54, 1.807) is 38.1 Å². The Bertz CT molecular complexity index is 1330. The van der Waals surface area contributed by atoms with Gasteiger partial charge in [0.2, 0.25) is 21.8 Å². The lowest BCUT2D eigenvalue weighted by Crippen LogP contribution is -2.55. The zero-order chi connectivity index (χ0) is 30.0. The second-order valence-corrected chi connectivity index (χ2v) is 11.9. The Labute approximate surface area is 234 Å². The van der Waals surface area contributed by atoms with Crippen LogP contribution in [-0.2, 0) is 31.9 Å². The van der Waals surface area contributed by atoms with Gasteiger partial charge in [-0.2, -0.15) is 0 Å². The number of hydrogen-bond acceptors (Lipinski definition) is 7. The minimum Gasteiger partial charge on any atom is -0.478 e. The lowest BCUT2D eigenvalue weighted by Gasteiger charge is -2.26. The van der Waals surface area contributed by atoms with Gasteiger partial charge in [0.25, 0.3) is 0 Å². The van der Waals surface area contributed by atoms with Gasteiger partial charge in [-0.15, -0.1) is 0 Å². The maximum absolute atomic E-state index is 13.2. The summed E-state index contributed by atoms with van der Waals surface area (Å²) >= 11 is 0. The van der Waals surface area contributed by atoms with Crippen LogP contribution in [0.3, 0.4) is 0 Å². The second-order valence-electron chi connectivity index (χ2n) is 10.2. The molecule has 0 aliphatic carbocycles. The van der Waals surface area contributed by atoms with Crippen molar-refractivity contribution in [3.8, 4) is 0 Å². The van der Waals surface area contributed by atoms with Crippen LogP contribution in [0.15, 0.2) is 53.7 Å². The highest BCUT2D eigenvalue weighted by Crippen LogP contribution is 2.13. The molecule has 0 aliphatic rings. The number of benzene rings is 2. The van der Waals surface area contributed by atoms with E-state index < -0.39 is 51.6 Å². The molecule has 7 N–H and O–H groups in total.